The van der Waals surface area contributed by atoms with Crippen molar-refractivity contribution in [3.8, 4) is 5.69 Å². The summed E-state index contributed by atoms with van der Waals surface area (Å²) < 4.78 is 2.75. The molecule has 1 amide bonds. The van der Waals surface area contributed by atoms with Crippen molar-refractivity contribution in [1.29, 1.82) is 0 Å². The van der Waals surface area contributed by atoms with Crippen molar-refractivity contribution < 1.29 is 4.79 Å². The first-order valence-corrected chi connectivity index (χ1v) is 7.49. The average molecular weight is 334 g/mol. The van der Waals surface area contributed by atoms with Gasteiger partial charge in [-0.2, -0.15) is 5.10 Å². The highest BCUT2D eigenvalue weighted by molar-refractivity contribution is 9.10. The normalized spacial score (nSPS) is 14.3. The lowest BCUT2D eigenvalue weighted by atomic mass is 10.3. The van der Waals surface area contributed by atoms with Gasteiger partial charge in [-0.05, 0) is 43.0 Å². The van der Waals surface area contributed by atoms with Crippen molar-refractivity contribution in [2.75, 3.05) is 13.6 Å². The van der Waals surface area contributed by atoms with Gasteiger partial charge in [-0.25, -0.2) is 4.68 Å². The summed E-state index contributed by atoms with van der Waals surface area (Å²) in [5, 5.41) is 4.27. The van der Waals surface area contributed by atoms with Crippen LogP contribution in [0.5, 0.6) is 0 Å². The summed E-state index contributed by atoms with van der Waals surface area (Å²) >= 11 is 3.40. The van der Waals surface area contributed by atoms with E-state index in [-0.39, 0.29) is 5.91 Å². The van der Waals surface area contributed by atoms with Crippen molar-refractivity contribution in [3.63, 3.8) is 0 Å². The minimum absolute atomic E-state index is 0.0419. The van der Waals surface area contributed by atoms with Crippen LogP contribution in [0.4, 0.5) is 0 Å². The Bertz CT molecular complexity index is 616. The fourth-order valence-corrected chi connectivity index (χ4v) is 2.42. The average Bonchev–Trinajstić information content (AvgIpc) is 3.12. The smallest absolute Gasteiger partial charge is 0.256 e. The Morgan fingerprint density at radius 2 is 2.10 bits per heavy atom. The van der Waals surface area contributed by atoms with Crippen molar-refractivity contribution >= 4 is 21.8 Å². The fourth-order valence-electron chi connectivity index (χ4n) is 2.16. The van der Waals surface area contributed by atoms with Gasteiger partial charge in [-0.15, -0.1) is 0 Å². The topological polar surface area (TPSA) is 38.1 Å². The zero-order chi connectivity index (χ0) is 14.1. The van der Waals surface area contributed by atoms with Gasteiger partial charge in [0.1, 0.15) is 0 Å². The van der Waals surface area contributed by atoms with Crippen molar-refractivity contribution in [2.45, 2.75) is 12.8 Å². The summed E-state index contributed by atoms with van der Waals surface area (Å²) in [5.41, 5.74) is 1.58. The molecule has 0 unspecified atom stereocenters. The van der Waals surface area contributed by atoms with Gasteiger partial charge in [0.25, 0.3) is 5.91 Å². The molecule has 0 radical (unpaired) electrons. The van der Waals surface area contributed by atoms with Crippen molar-refractivity contribution in [3.05, 3.63) is 46.7 Å². The molecule has 20 heavy (non-hydrogen) atoms. The molecule has 3 rings (SSSR count). The van der Waals surface area contributed by atoms with Gasteiger partial charge in [-0.1, -0.05) is 15.9 Å². The van der Waals surface area contributed by atoms with E-state index in [1.54, 1.807) is 22.0 Å². The van der Waals surface area contributed by atoms with Crippen molar-refractivity contribution in [2.24, 2.45) is 5.92 Å². The molecule has 104 valence electrons. The van der Waals surface area contributed by atoms with Gasteiger partial charge < -0.3 is 4.90 Å². The summed E-state index contributed by atoms with van der Waals surface area (Å²) in [6.07, 6.45) is 5.91. The number of aromatic nitrogens is 2. The van der Waals surface area contributed by atoms with E-state index in [4.69, 9.17) is 0 Å². The van der Waals surface area contributed by atoms with E-state index in [0.29, 0.717) is 11.5 Å². The molecule has 0 bridgehead atoms. The Labute approximate surface area is 126 Å². The summed E-state index contributed by atoms with van der Waals surface area (Å²) in [4.78, 5) is 14.1. The lowest BCUT2D eigenvalue weighted by Crippen LogP contribution is -2.28. The van der Waals surface area contributed by atoms with E-state index in [2.05, 4.69) is 21.0 Å². The Hall–Kier alpha value is -1.62. The molecule has 0 N–H and O–H groups in total. The second-order valence-electron chi connectivity index (χ2n) is 5.28. The molecule has 1 aromatic heterocycles. The van der Waals surface area contributed by atoms with E-state index in [1.165, 1.54) is 12.8 Å². The standard InChI is InChI=1S/C15H16BrN3O/c1-18(9-11-2-3-11)15(20)12-8-17-19(10-12)14-6-4-13(16)5-7-14/h4-8,10-11H,2-3,9H2,1H3. The molecule has 1 fully saturated rings. The first kappa shape index (κ1) is 13.4. The molecule has 1 aromatic carbocycles. The summed E-state index contributed by atoms with van der Waals surface area (Å²) in [6.45, 7) is 0.850. The van der Waals surface area contributed by atoms with Gasteiger partial charge in [0.05, 0.1) is 17.4 Å². The fraction of sp³-hybridized carbons (Fsp3) is 0.333. The lowest BCUT2D eigenvalue weighted by molar-refractivity contribution is 0.0788. The monoisotopic (exact) mass is 333 g/mol. The van der Waals surface area contributed by atoms with E-state index in [1.807, 2.05) is 31.3 Å². The van der Waals surface area contributed by atoms with Crippen LogP contribution in [0.25, 0.3) is 5.69 Å². The molecule has 1 aliphatic rings. The third-order valence-corrected chi connectivity index (χ3v) is 4.03. The van der Waals surface area contributed by atoms with Crippen LogP contribution < -0.4 is 0 Å². The van der Waals surface area contributed by atoms with Crippen LogP contribution >= 0.6 is 15.9 Å². The first-order valence-electron chi connectivity index (χ1n) is 6.69. The van der Waals surface area contributed by atoms with Crippen LogP contribution in [0.1, 0.15) is 23.2 Å². The second-order valence-corrected chi connectivity index (χ2v) is 6.19. The van der Waals surface area contributed by atoms with Crippen LogP contribution in [0.3, 0.4) is 0 Å². The molecule has 2 aromatic rings. The third-order valence-electron chi connectivity index (χ3n) is 3.50. The van der Waals surface area contributed by atoms with E-state index in [9.17, 15) is 4.79 Å². The maximum atomic E-state index is 12.3. The van der Waals surface area contributed by atoms with Gasteiger partial charge in [0.2, 0.25) is 0 Å². The molecule has 4 nitrogen and oxygen atoms in total. The van der Waals surface area contributed by atoms with Gasteiger partial charge >= 0.3 is 0 Å². The maximum Gasteiger partial charge on any atom is 0.256 e. The largest absolute Gasteiger partial charge is 0.341 e. The summed E-state index contributed by atoms with van der Waals surface area (Å²) in [6, 6.07) is 7.83. The van der Waals surface area contributed by atoms with Crippen LogP contribution in [-0.4, -0.2) is 34.2 Å². The summed E-state index contributed by atoms with van der Waals surface area (Å²) in [5.74, 6) is 0.741. The number of carbonyl (C=O) groups excluding carboxylic acids is 1. The van der Waals surface area contributed by atoms with Crippen molar-refractivity contribution in [1.82, 2.24) is 14.7 Å². The Morgan fingerprint density at radius 3 is 2.75 bits per heavy atom. The Morgan fingerprint density at radius 1 is 1.40 bits per heavy atom. The molecule has 1 saturated carbocycles. The van der Waals surface area contributed by atoms with Gasteiger partial charge in [0, 0.05) is 24.3 Å². The Kier molecular flexibility index (Phi) is 3.61. The van der Waals surface area contributed by atoms with E-state index in [0.717, 1.165) is 16.7 Å². The highest BCUT2D eigenvalue weighted by atomic mass is 79.9. The minimum Gasteiger partial charge on any atom is -0.341 e. The molecule has 0 spiro atoms. The number of nitrogens with zero attached hydrogens (tertiary/aromatic N) is 3. The Balaban J connectivity index is 1.75. The van der Waals surface area contributed by atoms with E-state index >= 15 is 0 Å². The molecular formula is C15H16BrN3O. The number of amides is 1. The second kappa shape index (κ2) is 5.40. The quantitative estimate of drug-likeness (QED) is 0.862. The zero-order valence-corrected chi connectivity index (χ0v) is 12.9. The predicted octanol–water partition coefficient (Wildman–Crippen LogP) is 3.12. The van der Waals surface area contributed by atoms with Gasteiger partial charge in [-0.3, -0.25) is 4.79 Å². The highest BCUT2D eigenvalue weighted by Crippen LogP contribution is 2.29. The third kappa shape index (κ3) is 2.93. The predicted molar refractivity (Wildman–Crippen MR) is 80.9 cm³/mol. The number of hydrogen-bond acceptors (Lipinski definition) is 2. The molecule has 5 heteroatoms. The number of carbonyl (C=O) groups is 1. The summed E-state index contributed by atoms with van der Waals surface area (Å²) in [7, 11) is 1.86. The first-order chi connectivity index (χ1) is 9.63. The zero-order valence-electron chi connectivity index (χ0n) is 11.3. The molecule has 0 atom stereocenters. The number of hydrogen-bond donors (Lipinski definition) is 0. The lowest BCUT2D eigenvalue weighted by Gasteiger charge is -2.15. The van der Waals surface area contributed by atoms with Gasteiger partial charge in [0.15, 0.2) is 0 Å². The molecular weight excluding hydrogens is 318 g/mol. The molecule has 1 heterocycles. The number of rotatable bonds is 4. The number of halogens is 1. The van der Waals surface area contributed by atoms with Crippen LogP contribution in [0.15, 0.2) is 41.1 Å². The highest BCUT2D eigenvalue weighted by Gasteiger charge is 2.25. The van der Waals surface area contributed by atoms with Crippen LogP contribution in [0.2, 0.25) is 0 Å². The SMILES string of the molecule is CN(CC1CC1)C(=O)c1cnn(-c2ccc(Br)cc2)c1. The number of benzene rings is 1. The molecule has 0 aliphatic heterocycles. The minimum atomic E-state index is 0.0419. The maximum absolute atomic E-state index is 12.3. The van der Waals surface area contributed by atoms with Crippen LogP contribution in [-0.2, 0) is 0 Å². The van der Waals surface area contributed by atoms with E-state index < -0.39 is 0 Å². The molecule has 0 saturated heterocycles. The van der Waals surface area contributed by atoms with Crippen LogP contribution in [0, 0.1) is 5.92 Å². The molecule has 1 aliphatic carbocycles.